The second kappa shape index (κ2) is 11.4. The van der Waals surface area contributed by atoms with Crippen LogP contribution >= 0.6 is 0 Å². The first-order valence-corrected chi connectivity index (χ1v) is 9.19. The fourth-order valence-electron chi connectivity index (χ4n) is 2.35. The number of carbonyl (C=O) groups is 2. The lowest BCUT2D eigenvalue weighted by atomic mass is 10.1. The Morgan fingerprint density at radius 2 is 1.63 bits per heavy atom. The highest BCUT2D eigenvalue weighted by Crippen LogP contribution is 2.26. The minimum Gasteiger partial charge on any atom is -0.504 e. The van der Waals surface area contributed by atoms with Gasteiger partial charge in [-0.3, -0.25) is 0 Å². The van der Waals surface area contributed by atoms with Gasteiger partial charge in [0.15, 0.2) is 17.6 Å². The molecule has 0 aliphatic carbocycles. The molecule has 158 valence electrons. The highest BCUT2D eigenvalue weighted by molar-refractivity contribution is 5.88. The summed E-state index contributed by atoms with van der Waals surface area (Å²) in [6.07, 6.45) is 4.52. The normalized spacial score (nSPS) is 12.1. The van der Waals surface area contributed by atoms with Crippen molar-refractivity contribution < 1.29 is 34.0 Å². The quantitative estimate of drug-likeness (QED) is 0.482. The molecule has 0 aliphatic heterocycles. The Morgan fingerprint density at radius 1 is 1.00 bits per heavy atom. The zero-order valence-electron chi connectivity index (χ0n) is 16.8. The van der Waals surface area contributed by atoms with E-state index in [4.69, 9.17) is 14.2 Å². The number of phenolic OH excluding ortho intramolecular Hbond substituents is 1. The number of aliphatic hydroxyl groups excluding tert-OH is 1. The first-order chi connectivity index (χ1) is 14.4. The second-order valence-corrected chi connectivity index (χ2v) is 6.38. The standard InChI is InChI=1S/C23H24O7/c1-16-3-5-17(6-4-16)8-12-23(27)30-19(14-24)15-29-22(26)11-9-18-7-10-20(25)21(13-18)28-2/h3-13,19,24-25H,14-15H2,1-2H3/b11-9+,12-8+. The van der Waals surface area contributed by atoms with E-state index in [2.05, 4.69) is 0 Å². The second-order valence-electron chi connectivity index (χ2n) is 6.38. The molecule has 30 heavy (non-hydrogen) atoms. The Bertz CT molecular complexity index is 914. The van der Waals surface area contributed by atoms with Crippen LogP contribution in [0.4, 0.5) is 0 Å². The van der Waals surface area contributed by atoms with Crippen molar-refractivity contribution in [3.63, 3.8) is 0 Å². The maximum absolute atomic E-state index is 11.9. The van der Waals surface area contributed by atoms with Gasteiger partial charge < -0.3 is 24.4 Å². The number of aryl methyl sites for hydroxylation is 1. The molecule has 0 spiro atoms. The number of aliphatic hydroxyl groups is 1. The zero-order valence-corrected chi connectivity index (χ0v) is 16.8. The number of aromatic hydroxyl groups is 1. The van der Waals surface area contributed by atoms with Gasteiger partial charge in [0.2, 0.25) is 0 Å². The van der Waals surface area contributed by atoms with Crippen molar-refractivity contribution >= 4 is 24.1 Å². The number of hydrogen-bond donors (Lipinski definition) is 2. The van der Waals surface area contributed by atoms with Crippen LogP contribution in [0, 0.1) is 6.92 Å². The van der Waals surface area contributed by atoms with E-state index in [1.165, 1.54) is 31.4 Å². The van der Waals surface area contributed by atoms with Gasteiger partial charge in [0.25, 0.3) is 0 Å². The summed E-state index contributed by atoms with van der Waals surface area (Å²) in [6.45, 7) is 1.19. The molecular formula is C23H24O7. The molecule has 0 heterocycles. The van der Waals surface area contributed by atoms with Gasteiger partial charge in [0, 0.05) is 12.2 Å². The van der Waals surface area contributed by atoms with E-state index < -0.39 is 24.6 Å². The van der Waals surface area contributed by atoms with Crippen LogP contribution in [0.1, 0.15) is 16.7 Å². The van der Waals surface area contributed by atoms with Gasteiger partial charge >= 0.3 is 11.9 Å². The Kier molecular flexibility index (Phi) is 8.65. The summed E-state index contributed by atoms with van der Waals surface area (Å²) in [5.41, 5.74) is 2.56. The Labute approximate surface area is 174 Å². The number of hydrogen-bond acceptors (Lipinski definition) is 7. The van der Waals surface area contributed by atoms with Gasteiger partial charge in [-0.2, -0.15) is 0 Å². The number of benzene rings is 2. The van der Waals surface area contributed by atoms with Crippen molar-refractivity contribution in [1.29, 1.82) is 0 Å². The molecule has 1 atom stereocenters. The molecule has 0 fully saturated rings. The molecule has 2 N–H and O–H groups in total. The molecule has 0 amide bonds. The lowest BCUT2D eigenvalue weighted by Crippen LogP contribution is -2.27. The molecule has 0 aromatic heterocycles. The van der Waals surface area contributed by atoms with Crippen LogP contribution < -0.4 is 4.74 Å². The summed E-state index contributed by atoms with van der Waals surface area (Å²) in [5.74, 6) is -1.07. The van der Waals surface area contributed by atoms with E-state index in [-0.39, 0.29) is 18.1 Å². The molecule has 2 aromatic carbocycles. The predicted octanol–water partition coefficient (Wildman–Crippen LogP) is 2.88. The SMILES string of the molecule is COc1cc(/C=C/C(=O)OCC(CO)OC(=O)/C=C/c2ccc(C)cc2)ccc1O. The molecular weight excluding hydrogens is 388 g/mol. The summed E-state index contributed by atoms with van der Waals surface area (Å²) in [6, 6.07) is 12.2. The van der Waals surface area contributed by atoms with Gasteiger partial charge in [-0.15, -0.1) is 0 Å². The summed E-state index contributed by atoms with van der Waals surface area (Å²) >= 11 is 0. The molecule has 2 aromatic rings. The molecule has 7 heteroatoms. The van der Waals surface area contributed by atoms with E-state index in [1.807, 2.05) is 31.2 Å². The first-order valence-electron chi connectivity index (χ1n) is 9.19. The number of rotatable bonds is 9. The van der Waals surface area contributed by atoms with E-state index in [9.17, 15) is 19.8 Å². The monoisotopic (exact) mass is 412 g/mol. The van der Waals surface area contributed by atoms with Crippen molar-refractivity contribution in [3.8, 4) is 11.5 Å². The minimum absolute atomic E-state index is 0.0127. The summed E-state index contributed by atoms with van der Waals surface area (Å²) in [5, 5.41) is 18.9. The van der Waals surface area contributed by atoms with Gasteiger partial charge in [-0.05, 0) is 42.3 Å². The molecule has 2 rings (SSSR count). The van der Waals surface area contributed by atoms with Gasteiger partial charge in [0.05, 0.1) is 13.7 Å². The van der Waals surface area contributed by atoms with Crippen LogP contribution in [0.5, 0.6) is 11.5 Å². The smallest absolute Gasteiger partial charge is 0.331 e. The van der Waals surface area contributed by atoms with Crippen molar-refractivity contribution in [2.75, 3.05) is 20.3 Å². The van der Waals surface area contributed by atoms with Crippen LogP contribution in [-0.4, -0.2) is 48.6 Å². The highest BCUT2D eigenvalue weighted by Gasteiger charge is 2.14. The number of phenols is 1. The van der Waals surface area contributed by atoms with Crippen molar-refractivity contribution in [2.45, 2.75) is 13.0 Å². The number of esters is 2. The lowest BCUT2D eigenvalue weighted by Gasteiger charge is -2.13. The summed E-state index contributed by atoms with van der Waals surface area (Å²) in [4.78, 5) is 23.7. The van der Waals surface area contributed by atoms with Gasteiger partial charge in [0.1, 0.15) is 6.61 Å². The molecule has 0 saturated carbocycles. The minimum atomic E-state index is -0.980. The van der Waals surface area contributed by atoms with E-state index in [0.29, 0.717) is 5.56 Å². The van der Waals surface area contributed by atoms with Crippen LogP contribution in [0.2, 0.25) is 0 Å². The van der Waals surface area contributed by atoms with Crippen molar-refractivity contribution in [1.82, 2.24) is 0 Å². The van der Waals surface area contributed by atoms with Crippen LogP contribution in [0.25, 0.3) is 12.2 Å². The number of ether oxygens (including phenoxy) is 3. The van der Waals surface area contributed by atoms with Crippen LogP contribution in [-0.2, 0) is 19.1 Å². The average Bonchev–Trinajstić information content (AvgIpc) is 2.75. The topological polar surface area (TPSA) is 102 Å². The van der Waals surface area contributed by atoms with E-state index in [0.717, 1.165) is 11.1 Å². The Hall–Kier alpha value is -3.58. The molecule has 7 nitrogen and oxygen atoms in total. The van der Waals surface area contributed by atoms with Crippen LogP contribution in [0.3, 0.4) is 0 Å². The highest BCUT2D eigenvalue weighted by atomic mass is 16.6. The van der Waals surface area contributed by atoms with Gasteiger partial charge in [-0.25, -0.2) is 9.59 Å². The fourth-order valence-corrected chi connectivity index (χ4v) is 2.35. The first kappa shape index (κ1) is 22.7. The number of carbonyl (C=O) groups excluding carboxylic acids is 2. The van der Waals surface area contributed by atoms with E-state index >= 15 is 0 Å². The maximum Gasteiger partial charge on any atom is 0.331 e. The summed E-state index contributed by atoms with van der Waals surface area (Å²) in [7, 11) is 1.42. The maximum atomic E-state index is 11.9. The lowest BCUT2D eigenvalue weighted by molar-refractivity contribution is -0.154. The fraction of sp³-hybridized carbons (Fsp3) is 0.217. The predicted molar refractivity (Wildman–Crippen MR) is 112 cm³/mol. The third-order valence-electron chi connectivity index (χ3n) is 4.00. The van der Waals surface area contributed by atoms with E-state index in [1.54, 1.807) is 18.2 Å². The Morgan fingerprint density at radius 3 is 2.30 bits per heavy atom. The molecule has 0 bridgehead atoms. The summed E-state index contributed by atoms with van der Waals surface area (Å²) < 4.78 is 15.1. The third-order valence-corrected chi connectivity index (χ3v) is 4.00. The average molecular weight is 412 g/mol. The number of methoxy groups -OCH3 is 1. The molecule has 0 radical (unpaired) electrons. The molecule has 0 saturated heterocycles. The van der Waals surface area contributed by atoms with Crippen LogP contribution in [0.15, 0.2) is 54.6 Å². The van der Waals surface area contributed by atoms with Crippen molar-refractivity contribution in [3.05, 3.63) is 71.3 Å². The molecule has 1 unspecified atom stereocenters. The largest absolute Gasteiger partial charge is 0.504 e. The zero-order chi connectivity index (χ0) is 21.9. The van der Waals surface area contributed by atoms with Gasteiger partial charge in [-0.1, -0.05) is 35.9 Å². The third kappa shape index (κ3) is 7.44. The van der Waals surface area contributed by atoms with Crippen molar-refractivity contribution in [2.24, 2.45) is 0 Å². The molecule has 0 aliphatic rings. The Balaban J connectivity index is 1.83.